The summed E-state index contributed by atoms with van der Waals surface area (Å²) in [7, 11) is 0. The lowest BCUT2D eigenvalue weighted by atomic mass is 10.4. The summed E-state index contributed by atoms with van der Waals surface area (Å²) in [4.78, 5) is 7.93. The molecule has 74 valence electrons. The maximum atomic E-state index is 7.19. The molecule has 1 saturated carbocycles. The molecule has 0 aliphatic heterocycles. The van der Waals surface area contributed by atoms with Gasteiger partial charge >= 0.3 is 6.01 Å². The largest absolute Gasteiger partial charge is 0.463 e. The Kier molecular flexibility index (Phi) is 2.30. The van der Waals surface area contributed by atoms with Crippen molar-refractivity contribution in [1.82, 2.24) is 9.97 Å². The van der Waals surface area contributed by atoms with Crippen molar-refractivity contribution in [3.05, 3.63) is 18.0 Å². The summed E-state index contributed by atoms with van der Waals surface area (Å²) in [5, 5.41) is 7.19. The molecule has 1 aromatic rings. The number of hydrogen-bond acceptors (Lipinski definition) is 4. The van der Waals surface area contributed by atoms with E-state index in [4.69, 9.17) is 15.9 Å². The van der Waals surface area contributed by atoms with Crippen molar-refractivity contribution in [3.63, 3.8) is 0 Å². The van der Waals surface area contributed by atoms with Crippen molar-refractivity contribution in [2.24, 2.45) is 11.7 Å². The first-order valence-electron chi connectivity index (χ1n) is 4.56. The van der Waals surface area contributed by atoms with Crippen LogP contribution >= 0.6 is 0 Å². The third kappa shape index (κ3) is 2.18. The molecule has 5 heteroatoms. The molecule has 0 radical (unpaired) electrons. The van der Waals surface area contributed by atoms with Crippen LogP contribution in [0.25, 0.3) is 0 Å². The molecule has 1 heterocycles. The monoisotopic (exact) mass is 192 g/mol. The molecule has 0 spiro atoms. The lowest BCUT2D eigenvalue weighted by Crippen LogP contribution is -2.14. The van der Waals surface area contributed by atoms with E-state index >= 15 is 0 Å². The molecule has 0 bridgehead atoms. The number of nitrogens with zero attached hydrogens (tertiary/aromatic N) is 2. The van der Waals surface area contributed by atoms with Crippen LogP contribution in [0.4, 0.5) is 0 Å². The quantitative estimate of drug-likeness (QED) is 0.539. The SMILES string of the molecule is N=C(N)c1ccnc(OCC2CC2)n1. The molecule has 5 nitrogen and oxygen atoms in total. The number of nitrogens with two attached hydrogens (primary N) is 1. The summed E-state index contributed by atoms with van der Waals surface area (Å²) >= 11 is 0. The van der Waals surface area contributed by atoms with Crippen molar-refractivity contribution in [2.75, 3.05) is 6.61 Å². The lowest BCUT2D eigenvalue weighted by molar-refractivity contribution is 0.276. The molecular formula is C9H12N4O. The zero-order valence-corrected chi connectivity index (χ0v) is 7.73. The number of rotatable bonds is 4. The first-order valence-corrected chi connectivity index (χ1v) is 4.56. The van der Waals surface area contributed by atoms with E-state index in [1.807, 2.05) is 0 Å². The molecule has 14 heavy (non-hydrogen) atoms. The Morgan fingerprint density at radius 2 is 2.43 bits per heavy atom. The summed E-state index contributed by atoms with van der Waals surface area (Å²) in [6.07, 6.45) is 4.00. The maximum absolute atomic E-state index is 7.19. The molecule has 0 aromatic carbocycles. The van der Waals surface area contributed by atoms with Gasteiger partial charge in [0.15, 0.2) is 0 Å². The Balaban J connectivity index is 2.01. The van der Waals surface area contributed by atoms with Gasteiger partial charge in [-0.3, -0.25) is 5.41 Å². The van der Waals surface area contributed by atoms with Gasteiger partial charge in [-0.2, -0.15) is 4.98 Å². The molecule has 2 rings (SSSR count). The highest BCUT2D eigenvalue weighted by Crippen LogP contribution is 2.28. The van der Waals surface area contributed by atoms with Crippen molar-refractivity contribution in [2.45, 2.75) is 12.8 Å². The number of nitrogens with one attached hydrogen (secondary N) is 1. The zero-order chi connectivity index (χ0) is 9.97. The molecule has 0 amide bonds. The second-order valence-electron chi connectivity index (χ2n) is 3.39. The van der Waals surface area contributed by atoms with Crippen LogP contribution < -0.4 is 10.5 Å². The van der Waals surface area contributed by atoms with Crippen LogP contribution in [0.3, 0.4) is 0 Å². The van der Waals surface area contributed by atoms with Gasteiger partial charge in [0.2, 0.25) is 0 Å². The van der Waals surface area contributed by atoms with Gasteiger partial charge in [-0.05, 0) is 24.8 Å². The van der Waals surface area contributed by atoms with Gasteiger partial charge in [-0.25, -0.2) is 4.98 Å². The molecule has 3 N–H and O–H groups in total. The summed E-state index contributed by atoms with van der Waals surface area (Å²) in [6.45, 7) is 0.668. The highest BCUT2D eigenvalue weighted by atomic mass is 16.5. The normalized spacial score (nSPS) is 15.1. The zero-order valence-electron chi connectivity index (χ0n) is 7.73. The Labute approximate surface area is 81.8 Å². The smallest absolute Gasteiger partial charge is 0.317 e. The number of amidine groups is 1. The van der Waals surface area contributed by atoms with Gasteiger partial charge < -0.3 is 10.5 Å². The summed E-state index contributed by atoms with van der Waals surface area (Å²) in [5.74, 6) is 0.600. The van der Waals surface area contributed by atoms with Gasteiger partial charge in [0, 0.05) is 6.20 Å². The van der Waals surface area contributed by atoms with Crippen LogP contribution in [0.2, 0.25) is 0 Å². The number of nitrogen functional groups attached to an aromatic ring is 1. The minimum absolute atomic E-state index is 0.0660. The number of hydrogen-bond donors (Lipinski definition) is 2. The molecule has 0 saturated heterocycles. The van der Waals surface area contributed by atoms with Gasteiger partial charge in [0.25, 0.3) is 0 Å². The van der Waals surface area contributed by atoms with Crippen molar-refractivity contribution in [1.29, 1.82) is 5.41 Å². The minimum atomic E-state index is -0.0660. The van der Waals surface area contributed by atoms with Gasteiger partial charge in [0.1, 0.15) is 11.5 Å². The standard InChI is InChI=1S/C9H12N4O/c10-8(11)7-3-4-12-9(13-7)14-5-6-1-2-6/h3-4,6H,1-2,5H2,(H3,10,11). The second kappa shape index (κ2) is 3.61. The summed E-state index contributed by atoms with van der Waals surface area (Å²) < 4.78 is 5.35. The molecule has 1 aromatic heterocycles. The average molecular weight is 192 g/mol. The van der Waals surface area contributed by atoms with Crippen LogP contribution in [0, 0.1) is 11.3 Å². The summed E-state index contributed by atoms with van der Waals surface area (Å²) in [5.41, 5.74) is 5.70. The highest BCUT2D eigenvalue weighted by molar-refractivity contribution is 5.92. The van der Waals surface area contributed by atoms with Crippen LogP contribution in [-0.4, -0.2) is 22.4 Å². The molecular weight excluding hydrogens is 180 g/mol. The molecule has 1 fully saturated rings. The number of ether oxygens (including phenoxy) is 1. The van der Waals surface area contributed by atoms with E-state index in [1.165, 1.54) is 12.8 Å². The van der Waals surface area contributed by atoms with Crippen molar-refractivity contribution >= 4 is 5.84 Å². The first-order chi connectivity index (χ1) is 6.75. The van der Waals surface area contributed by atoms with E-state index in [2.05, 4.69) is 9.97 Å². The Hall–Kier alpha value is -1.65. The Morgan fingerprint density at radius 3 is 3.07 bits per heavy atom. The fourth-order valence-corrected chi connectivity index (χ4v) is 1.04. The van der Waals surface area contributed by atoms with E-state index in [1.54, 1.807) is 12.3 Å². The van der Waals surface area contributed by atoms with Crippen molar-refractivity contribution in [3.8, 4) is 6.01 Å². The third-order valence-corrected chi connectivity index (χ3v) is 2.05. The van der Waals surface area contributed by atoms with E-state index in [0.717, 1.165) is 0 Å². The Bertz CT molecular complexity index is 348. The van der Waals surface area contributed by atoms with Gasteiger partial charge in [-0.1, -0.05) is 0 Å². The predicted octanol–water partition coefficient (Wildman–Crippen LogP) is 0.549. The number of aromatic nitrogens is 2. The van der Waals surface area contributed by atoms with E-state index < -0.39 is 0 Å². The van der Waals surface area contributed by atoms with E-state index in [9.17, 15) is 0 Å². The fourth-order valence-electron chi connectivity index (χ4n) is 1.04. The topological polar surface area (TPSA) is 84.9 Å². The van der Waals surface area contributed by atoms with Crippen LogP contribution in [0.15, 0.2) is 12.3 Å². The first kappa shape index (κ1) is 8.93. The minimum Gasteiger partial charge on any atom is -0.463 e. The third-order valence-electron chi connectivity index (χ3n) is 2.05. The van der Waals surface area contributed by atoms with Crippen molar-refractivity contribution < 1.29 is 4.74 Å². The maximum Gasteiger partial charge on any atom is 0.317 e. The fraction of sp³-hybridized carbons (Fsp3) is 0.444. The molecule has 0 atom stereocenters. The predicted molar refractivity (Wildman–Crippen MR) is 51.3 cm³/mol. The second-order valence-corrected chi connectivity index (χ2v) is 3.39. The van der Waals surface area contributed by atoms with Crippen LogP contribution in [-0.2, 0) is 0 Å². The molecule has 0 unspecified atom stereocenters. The molecule has 1 aliphatic rings. The van der Waals surface area contributed by atoms with E-state index in [0.29, 0.717) is 24.2 Å². The van der Waals surface area contributed by atoms with Crippen LogP contribution in [0.1, 0.15) is 18.5 Å². The lowest BCUT2D eigenvalue weighted by Gasteiger charge is -2.03. The van der Waals surface area contributed by atoms with E-state index in [-0.39, 0.29) is 5.84 Å². The molecule has 1 aliphatic carbocycles. The van der Waals surface area contributed by atoms with Crippen LogP contribution in [0.5, 0.6) is 6.01 Å². The average Bonchev–Trinajstić information content (AvgIpc) is 2.99. The summed E-state index contributed by atoms with van der Waals surface area (Å²) in [6, 6.07) is 1.90. The highest BCUT2D eigenvalue weighted by Gasteiger charge is 2.22. The van der Waals surface area contributed by atoms with Gasteiger partial charge in [-0.15, -0.1) is 0 Å². The van der Waals surface area contributed by atoms with Gasteiger partial charge in [0.05, 0.1) is 6.61 Å². The Morgan fingerprint density at radius 1 is 1.64 bits per heavy atom.